The molecule has 1 rings (SSSR count). The molecule has 0 aromatic heterocycles. The van der Waals surface area contributed by atoms with Crippen LogP contribution in [-0.4, -0.2) is 45.2 Å². The number of methoxy groups -OCH3 is 2. The van der Waals surface area contributed by atoms with Gasteiger partial charge in [0.15, 0.2) is 6.61 Å². The Bertz CT molecular complexity index is 529. The predicted molar refractivity (Wildman–Crippen MR) is 77.5 cm³/mol. The van der Waals surface area contributed by atoms with Crippen molar-refractivity contribution < 1.29 is 28.6 Å². The molecule has 0 radical (unpaired) electrons. The topological polar surface area (TPSA) is 90.9 Å². The quantitative estimate of drug-likeness (QED) is 0.567. The summed E-state index contributed by atoms with van der Waals surface area (Å²) in [6.45, 7) is -0.0705. The molecule has 0 unspecified atom stereocenters. The molecular formula is C15H19NO6. The first-order valence-electron chi connectivity index (χ1n) is 6.71. The molecule has 1 amide bonds. The Morgan fingerprint density at radius 2 is 1.95 bits per heavy atom. The lowest BCUT2D eigenvalue weighted by Gasteiger charge is -2.07. The van der Waals surface area contributed by atoms with Crippen LogP contribution in [0, 0.1) is 0 Å². The molecule has 0 saturated carbocycles. The van der Waals surface area contributed by atoms with E-state index in [0.717, 1.165) is 0 Å². The molecule has 0 bridgehead atoms. The van der Waals surface area contributed by atoms with E-state index in [2.05, 4.69) is 10.1 Å². The monoisotopic (exact) mass is 309 g/mol. The molecule has 0 spiro atoms. The van der Waals surface area contributed by atoms with Crippen LogP contribution >= 0.6 is 0 Å². The van der Waals surface area contributed by atoms with Gasteiger partial charge in [-0.1, -0.05) is 6.07 Å². The van der Waals surface area contributed by atoms with Gasteiger partial charge in [0.2, 0.25) is 0 Å². The molecule has 1 N–H and O–H groups in total. The standard InChI is InChI=1S/C15H19NO6/c1-20-12-6-3-5-11(9-12)15(19)22-10-13(17)16-8-4-7-14(18)21-2/h3,5-6,9H,4,7-8,10H2,1-2H3,(H,16,17). The molecule has 7 nitrogen and oxygen atoms in total. The van der Waals surface area contributed by atoms with Crippen LogP contribution in [0.5, 0.6) is 5.75 Å². The fraction of sp³-hybridized carbons (Fsp3) is 0.400. The Morgan fingerprint density at radius 1 is 1.18 bits per heavy atom. The van der Waals surface area contributed by atoms with Crippen molar-refractivity contribution in [1.82, 2.24) is 5.32 Å². The largest absolute Gasteiger partial charge is 0.497 e. The number of hydrogen-bond acceptors (Lipinski definition) is 6. The molecule has 0 aliphatic heterocycles. The summed E-state index contributed by atoms with van der Waals surface area (Å²) in [4.78, 5) is 34.1. The fourth-order valence-corrected chi connectivity index (χ4v) is 1.58. The Kier molecular flexibility index (Phi) is 7.45. The van der Waals surface area contributed by atoms with Gasteiger partial charge in [-0.05, 0) is 24.6 Å². The third kappa shape index (κ3) is 6.25. The minimum absolute atomic E-state index is 0.223. The SMILES string of the molecule is COC(=O)CCCNC(=O)COC(=O)c1cccc(OC)c1. The van der Waals surface area contributed by atoms with Crippen molar-refractivity contribution in [2.24, 2.45) is 0 Å². The van der Waals surface area contributed by atoms with Gasteiger partial charge in [-0.15, -0.1) is 0 Å². The van der Waals surface area contributed by atoms with Crippen molar-refractivity contribution in [3.63, 3.8) is 0 Å². The first-order valence-corrected chi connectivity index (χ1v) is 6.71. The van der Waals surface area contributed by atoms with Crippen LogP contribution in [0.25, 0.3) is 0 Å². The van der Waals surface area contributed by atoms with Crippen molar-refractivity contribution in [2.75, 3.05) is 27.4 Å². The zero-order valence-corrected chi connectivity index (χ0v) is 12.6. The third-order valence-electron chi connectivity index (χ3n) is 2.75. The van der Waals surface area contributed by atoms with E-state index in [1.165, 1.54) is 20.3 Å². The summed E-state index contributed by atoms with van der Waals surface area (Å²) in [5, 5.41) is 2.54. The molecule has 0 heterocycles. The van der Waals surface area contributed by atoms with Crippen molar-refractivity contribution >= 4 is 17.8 Å². The van der Waals surface area contributed by atoms with Crippen molar-refractivity contribution in [3.8, 4) is 5.75 Å². The number of rotatable bonds is 8. The number of esters is 2. The van der Waals surface area contributed by atoms with E-state index in [1.807, 2.05) is 0 Å². The summed E-state index contributed by atoms with van der Waals surface area (Å²) >= 11 is 0. The Hall–Kier alpha value is -2.57. The van der Waals surface area contributed by atoms with Gasteiger partial charge in [-0.3, -0.25) is 9.59 Å². The molecule has 0 aliphatic carbocycles. The van der Waals surface area contributed by atoms with Gasteiger partial charge in [0, 0.05) is 13.0 Å². The van der Waals surface area contributed by atoms with Crippen LogP contribution in [0.2, 0.25) is 0 Å². The van der Waals surface area contributed by atoms with E-state index in [9.17, 15) is 14.4 Å². The lowest BCUT2D eigenvalue weighted by atomic mass is 10.2. The van der Waals surface area contributed by atoms with Crippen LogP contribution in [0.4, 0.5) is 0 Å². The average molecular weight is 309 g/mol. The predicted octanol–water partition coefficient (Wildman–Crippen LogP) is 0.921. The molecule has 0 fully saturated rings. The van der Waals surface area contributed by atoms with Crippen LogP contribution in [0.1, 0.15) is 23.2 Å². The third-order valence-corrected chi connectivity index (χ3v) is 2.75. The zero-order valence-electron chi connectivity index (χ0n) is 12.6. The van der Waals surface area contributed by atoms with Crippen molar-refractivity contribution in [2.45, 2.75) is 12.8 Å². The zero-order chi connectivity index (χ0) is 16.4. The van der Waals surface area contributed by atoms with E-state index < -0.39 is 11.9 Å². The van der Waals surface area contributed by atoms with E-state index in [0.29, 0.717) is 24.3 Å². The molecule has 120 valence electrons. The lowest BCUT2D eigenvalue weighted by Crippen LogP contribution is -2.29. The van der Waals surface area contributed by atoms with Gasteiger partial charge in [-0.2, -0.15) is 0 Å². The number of hydrogen-bond donors (Lipinski definition) is 1. The summed E-state index contributed by atoms with van der Waals surface area (Å²) in [7, 11) is 2.80. The second-order valence-corrected chi connectivity index (χ2v) is 4.34. The molecule has 0 atom stereocenters. The molecule has 0 saturated heterocycles. The van der Waals surface area contributed by atoms with E-state index >= 15 is 0 Å². The molecule has 7 heteroatoms. The normalized spacial score (nSPS) is 9.73. The first-order chi connectivity index (χ1) is 10.6. The van der Waals surface area contributed by atoms with Crippen molar-refractivity contribution in [3.05, 3.63) is 29.8 Å². The van der Waals surface area contributed by atoms with Gasteiger partial charge in [-0.25, -0.2) is 4.79 Å². The average Bonchev–Trinajstić information content (AvgIpc) is 2.56. The highest BCUT2D eigenvalue weighted by molar-refractivity contribution is 5.91. The van der Waals surface area contributed by atoms with Gasteiger partial charge in [0.1, 0.15) is 5.75 Å². The minimum atomic E-state index is -0.608. The van der Waals surface area contributed by atoms with Crippen LogP contribution in [0.15, 0.2) is 24.3 Å². The second kappa shape index (κ2) is 9.38. The van der Waals surface area contributed by atoms with Gasteiger partial charge in [0.25, 0.3) is 5.91 Å². The highest BCUT2D eigenvalue weighted by Crippen LogP contribution is 2.13. The Morgan fingerprint density at radius 3 is 2.64 bits per heavy atom. The van der Waals surface area contributed by atoms with Gasteiger partial charge >= 0.3 is 11.9 Å². The Labute approximate surface area is 128 Å². The van der Waals surface area contributed by atoms with E-state index in [1.54, 1.807) is 18.2 Å². The van der Waals surface area contributed by atoms with Crippen molar-refractivity contribution in [1.29, 1.82) is 0 Å². The van der Waals surface area contributed by atoms with Gasteiger partial charge < -0.3 is 19.5 Å². The van der Waals surface area contributed by atoms with E-state index in [4.69, 9.17) is 9.47 Å². The number of carbonyl (C=O) groups is 3. The molecule has 1 aromatic carbocycles. The maximum Gasteiger partial charge on any atom is 0.338 e. The number of carbonyl (C=O) groups excluding carboxylic acids is 3. The lowest BCUT2D eigenvalue weighted by molar-refractivity contribution is -0.140. The Balaban J connectivity index is 2.28. The van der Waals surface area contributed by atoms with Crippen LogP contribution < -0.4 is 10.1 Å². The summed E-state index contributed by atoms with van der Waals surface area (Å²) in [5.74, 6) is -0.842. The molecule has 0 aliphatic rings. The molecular weight excluding hydrogens is 290 g/mol. The molecule has 22 heavy (non-hydrogen) atoms. The first kappa shape index (κ1) is 17.5. The van der Waals surface area contributed by atoms with Crippen LogP contribution in [-0.2, 0) is 19.1 Å². The summed E-state index contributed by atoms with van der Waals surface area (Å²) in [6, 6.07) is 6.45. The maximum absolute atomic E-state index is 11.8. The van der Waals surface area contributed by atoms with Crippen LogP contribution in [0.3, 0.4) is 0 Å². The number of nitrogens with one attached hydrogen (secondary N) is 1. The molecule has 1 aromatic rings. The highest BCUT2D eigenvalue weighted by atomic mass is 16.5. The summed E-state index contributed by atoms with van der Waals surface area (Å²) in [6.07, 6.45) is 0.683. The van der Waals surface area contributed by atoms with Gasteiger partial charge in [0.05, 0.1) is 19.8 Å². The fourth-order valence-electron chi connectivity index (χ4n) is 1.58. The number of ether oxygens (including phenoxy) is 3. The van der Waals surface area contributed by atoms with E-state index in [-0.39, 0.29) is 19.0 Å². The number of amides is 1. The number of benzene rings is 1. The summed E-state index contributed by atoms with van der Waals surface area (Å²) in [5.41, 5.74) is 0.304. The highest BCUT2D eigenvalue weighted by Gasteiger charge is 2.11. The second-order valence-electron chi connectivity index (χ2n) is 4.34. The smallest absolute Gasteiger partial charge is 0.338 e. The minimum Gasteiger partial charge on any atom is -0.497 e. The summed E-state index contributed by atoms with van der Waals surface area (Å²) < 4.78 is 14.4. The maximum atomic E-state index is 11.8.